The van der Waals surface area contributed by atoms with E-state index in [4.69, 9.17) is 19.3 Å². The molecule has 0 saturated heterocycles. The Morgan fingerprint density at radius 1 is 1.10 bits per heavy atom. The van der Waals surface area contributed by atoms with E-state index >= 15 is 0 Å². The fourth-order valence-corrected chi connectivity index (χ4v) is 6.68. The first-order chi connectivity index (χ1) is 22.4. The van der Waals surface area contributed by atoms with Gasteiger partial charge in [-0.2, -0.15) is 10.1 Å². The van der Waals surface area contributed by atoms with E-state index in [1.54, 1.807) is 13.8 Å². The number of H-pyrrole nitrogens is 1. The van der Waals surface area contributed by atoms with Crippen LogP contribution in [-0.4, -0.2) is 103 Å². The zero-order chi connectivity index (χ0) is 33.5. The molecule has 0 amide bonds. The molecule has 1 fully saturated rings. The van der Waals surface area contributed by atoms with Gasteiger partial charge in [0, 0.05) is 23.6 Å². The minimum atomic E-state index is -0.940. The standard InChI is InChI=1S/C36H44N6O5.K.H/c1-7-10-30-29(21-24-13-15-25(16-14-24)27-11-8-9-12-28(27)31-38-34(44)47-40-31)32(43)41(33-37-23(3)39-42(30)33)26-17-19-36(6,20-18-26)46-22(2)35(4,5)45;;/h8-9,11-16,22,26,45H,7,10,17-21H2,1-6H3,(H,38,40,44);;/t22?,26-,36-;;. The van der Waals surface area contributed by atoms with Crippen molar-refractivity contribution in [2.75, 3.05) is 0 Å². The van der Waals surface area contributed by atoms with Crippen molar-refractivity contribution >= 4 is 57.2 Å². The summed E-state index contributed by atoms with van der Waals surface area (Å²) in [5, 5.41) is 19.1. The molecule has 0 spiro atoms. The van der Waals surface area contributed by atoms with Gasteiger partial charge in [-0.05, 0) is 83.4 Å². The summed E-state index contributed by atoms with van der Waals surface area (Å²) in [6.07, 6.45) is 4.76. The van der Waals surface area contributed by atoms with Gasteiger partial charge in [0.2, 0.25) is 5.78 Å². The third kappa shape index (κ3) is 7.54. The molecule has 1 aliphatic rings. The molecule has 12 heteroatoms. The Morgan fingerprint density at radius 3 is 2.38 bits per heavy atom. The summed E-state index contributed by atoms with van der Waals surface area (Å²) >= 11 is 0. The molecule has 250 valence electrons. The average Bonchev–Trinajstić information content (AvgIpc) is 3.64. The SMILES string of the molecule is CCCc1c(Cc2ccc(-c3ccccc3-c3noc(=O)[nH]3)cc2)c(=O)n([C@H]2CC[C@](C)(OC(C)C(C)(C)O)CC2)c2nc(C)nn12.[KH]. The van der Waals surface area contributed by atoms with Crippen LogP contribution in [0.5, 0.6) is 0 Å². The topological polar surface area (TPSA) is 141 Å². The quantitative estimate of drug-likeness (QED) is 0.193. The zero-order valence-corrected chi connectivity index (χ0v) is 28.0. The Balaban J connectivity index is 0.00000451. The van der Waals surface area contributed by atoms with Crippen molar-refractivity contribution in [1.29, 1.82) is 0 Å². The van der Waals surface area contributed by atoms with Crippen molar-refractivity contribution in [2.24, 2.45) is 0 Å². The number of ether oxygens (including phenoxy) is 1. The summed E-state index contributed by atoms with van der Waals surface area (Å²) in [4.78, 5) is 33.5. The maximum absolute atomic E-state index is 14.5. The van der Waals surface area contributed by atoms with Gasteiger partial charge in [-0.1, -0.05) is 67.0 Å². The first-order valence-corrected chi connectivity index (χ1v) is 16.5. The van der Waals surface area contributed by atoms with Crippen LogP contribution in [0.25, 0.3) is 28.3 Å². The van der Waals surface area contributed by atoms with Crippen LogP contribution in [0, 0.1) is 6.92 Å². The average molecular weight is 681 g/mol. The fraction of sp³-hybridized carbons (Fsp3) is 0.472. The summed E-state index contributed by atoms with van der Waals surface area (Å²) in [7, 11) is 0. The molecular formula is C36H45KN6O5. The molecule has 0 radical (unpaired) electrons. The second-order valence-corrected chi connectivity index (χ2v) is 13.7. The van der Waals surface area contributed by atoms with Crippen LogP contribution in [0.15, 0.2) is 62.6 Å². The van der Waals surface area contributed by atoms with Crippen LogP contribution < -0.4 is 11.3 Å². The zero-order valence-electron chi connectivity index (χ0n) is 28.0. The van der Waals surface area contributed by atoms with Gasteiger partial charge in [0.25, 0.3) is 5.56 Å². The Morgan fingerprint density at radius 2 is 1.77 bits per heavy atom. The molecule has 11 nitrogen and oxygen atoms in total. The van der Waals surface area contributed by atoms with Gasteiger partial charge in [0.05, 0.1) is 23.0 Å². The van der Waals surface area contributed by atoms with Crippen LogP contribution in [-0.2, 0) is 17.6 Å². The van der Waals surface area contributed by atoms with Gasteiger partial charge >= 0.3 is 57.1 Å². The van der Waals surface area contributed by atoms with Crippen LogP contribution in [0.3, 0.4) is 0 Å². The fourth-order valence-electron chi connectivity index (χ4n) is 6.68. The maximum atomic E-state index is 14.5. The molecule has 6 rings (SSSR count). The monoisotopic (exact) mass is 680 g/mol. The molecule has 3 heterocycles. The number of aliphatic hydroxyl groups is 1. The molecule has 1 atom stereocenters. The normalized spacial score (nSPS) is 18.9. The Kier molecular flexibility index (Phi) is 11.2. The minimum absolute atomic E-state index is 0. The van der Waals surface area contributed by atoms with E-state index in [1.165, 1.54) is 0 Å². The van der Waals surface area contributed by atoms with Gasteiger partial charge in [0.1, 0.15) is 5.82 Å². The van der Waals surface area contributed by atoms with Crippen LogP contribution in [0.1, 0.15) is 95.4 Å². The number of aromatic amines is 1. The number of hydrogen-bond acceptors (Lipinski definition) is 8. The third-order valence-corrected chi connectivity index (χ3v) is 9.58. The van der Waals surface area contributed by atoms with E-state index in [2.05, 4.69) is 24.0 Å². The number of aryl methyl sites for hydroxylation is 2. The van der Waals surface area contributed by atoms with Gasteiger partial charge in [0.15, 0.2) is 5.82 Å². The van der Waals surface area contributed by atoms with E-state index in [9.17, 15) is 14.7 Å². The number of nitrogens with one attached hydrogen (secondary N) is 1. The number of hydrogen-bond donors (Lipinski definition) is 2. The second kappa shape index (κ2) is 14.6. The van der Waals surface area contributed by atoms with Crippen molar-refractivity contribution in [1.82, 2.24) is 29.3 Å². The number of aromatic nitrogens is 6. The number of fused-ring (bicyclic) bond motifs is 1. The molecule has 5 aromatic rings. The van der Waals surface area contributed by atoms with Crippen molar-refractivity contribution in [3.63, 3.8) is 0 Å². The summed E-state index contributed by atoms with van der Waals surface area (Å²) in [6, 6.07) is 15.8. The number of benzene rings is 2. The van der Waals surface area contributed by atoms with E-state index in [1.807, 2.05) is 71.5 Å². The van der Waals surface area contributed by atoms with Crippen molar-refractivity contribution in [2.45, 2.75) is 110 Å². The second-order valence-electron chi connectivity index (χ2n) is 13.7. The van der Waals surface area contributed by atoms with E-state index in [0.29, 0.717) is 30.3 Å². The molecule has 0 aliphatic heterocycles. The summed E-state index contributed by atoms with van der Waals surface area (Å²) < 4.78 is 14.9. The first kappa shape index (κ1) is 36.6. The Labute approximate surface area is 322 Å². The first-order valence-electron chi connectivity index (χ1n) is 16.5. The molecule has 0 bridgehead atoms. The van der Waals surface area contributed by atoms with Gasteiger partial charge < -0.3 is 9.84 Å². The molecule has 48 heavy (non-hydrogen) atoms. The van der Waals surface area contributed by atoms with Crippen molar-refractivity contribution in [3.05, 3.63) is 92.1 Å². The molecule has 3 aromatic heterocycles. The number of nitrogens with zero attached hydrogens (tertiary/aromatic N) is 5. The van der Waals surface area contributed by atoms with Crippen LogP contribution in [0.4, 0.5) is 0 Å². The summed E-state index contributed by atoms with van der Waals surface area (Å²) in [6.45, 7) is 11.5. The Bertz CT molecular complexity index is 1990. The van der Waals surface area contributed by atoms with Gasteiger partial charge in [-0.3, -0.25) is 18.9 Å². The summed E-state index contributed by atoms with van der Waals surface area (Å²) in [5.74, 6) is 0.996. The predicted molar refractivity (Wildman–Crippen MR) is 187 cm³/mol. The molecule has 1 saturated carbocycles. The van der Waals surface area contributed by atoms with Crippen LogP contribution >= 0.6 is 0 Å². The van der Waals surface area contributed by atoms with E-state index < -0.39 is 11.4 Å². The third-order valence-electron chi connectivity index (χ3n) is 9.58. The van der Waals surface area contributed by atoms with Crippen molar-refractivity contribution < 1.29 is 14.4 Å². The number of rotatable bonds is 10. The molecular weight excluding hydrogens is 636 g/mol. The molecule has 2 aromatic carbocycles. The molecule has 1 unspecified atom stereocenters. The predicted octanol–water partition coefficient (Wildman–Crippen LogP) is 5.15. The van der Waals surface area contributed by atoms with E-state index in [0.717, 1.165) is 65.6 Å². The molecule has 1 aliphatic carbocycles. The van der Waals surface area contributed by atoms with Gasteiger partial charge in [-0.25, -0.2) is 9.31 Å². The van der Waals surface area contributed by atoms with Crippen molar-refractivity contribution in [3.8, 4) is 22.5 Å². The Hall–Kier alpha value is -2.71. The van der Waals surface area contributed by atoms with Gasteiger partial charge in [-0.15, -0.1) is 0 Å². The van der Waals surface area contributed by atoms with E-state index in [-0.39, 0.29) is 74.7 Å². The van der Waals surface area contributed by atoms with Crippen LogP contribution in [0.2, 0.25) is 0 Å². The summed E-state index contributed by atoms with van der Waals surface area (Å²) in [5.41, 5.74) is 3.92. The molecule has 2 N–H and O–H groups in total.